The predicted octanol–water partition coefficient (Wildman–Crippen LogP) is 3.02. The van der Waals surface area contributed by atoms with Gasteiger partial charge in [-0.3, -0.25) is 9.78 Å². The molecule has 4 nitrogen and oxygen atoms in total. The molecule has 25 heavy (non-hydrogen) atoms. The second-order valence-electron chi connectivity index (χ2n) is 7.51. The first kappa shape index (κ1) is 16.5. The minimum atomic E-state index is 0.270. The van der Waals surface area contributed by atoms with E-state index in [1.54, 1.807) is 6.20 Å². The summed E-state index contributed by atoms with van der Waals surface area (Å²) in [4.78, 5) is 19.1. The van der Waals surface area contributed by atoms with Crippen LogP contribution in [-0.4, -0.2) is 42.0 Å². The van der Waals surface area contributed by atoms with Crippen LogP contribution in [0.3, 0.4) is 0 Å². The lowest BCUT2D eigenvalue weighted by molar-refractivity contribution is -0.132. The number of carbonyl (C=O) groups excluding carboxylic acids is 1. The molecule has 1 aromatic heterocycles. The Morgan fingerprint density at radius 3 is 2.64 bits per heavy atom. The van der Waals surface area contributed by atoms with E-state index in [9.17, 15) is 4.79 Å². The van der Waals surface area contributed by atoms with Crippen LogP contribution in [0.5, 0.6) is 0 Å². The summed E-state index contributed by atoms with van der Waals surface area (Å²) < 4.78 is 0. The third-order valence-electron chi connectivity index (χ3n) is 5.97. The van der Waals surface area contributed by atoms with Gasteiger partial charge in [-0.2, -0.15) is 0 Å². The largest absolute Gasteiger partial charge is 0.342 e. The van der Waals surface area contributed by atoms with Gasteiger partial charge in [-0.15, -0.1) is 0 Å². The van der Waals surface area contributed by atoms with Crippen molar-refractivity contribution in [2.45, 2.75) is 32.1 Å². The molecular weight excluding hydrogens is 310 g/mol. The van der Waals surface area contributed by atoms with Crippen LogP contribution >= 0.6 is 0 Å². The van der Waals surface area contributed by atoms with E-state index in [1.165, 1.54) is 38.8 Å². The summed E-state index contributed by atoms with van der Waals surface area (Å²) in [6, 6.07) is 10.2. The highest BCUT2D eigenvalue weighted by molar-refractivity contribution is 5.83. The summed E-state index contributed by atoms with van der Waals surface area (Å²) in [5, 5.41) is 4.56. The Labute approximate surface area is 149 Å². The van der Waals surface area contributed by atoms with Crippen molar-refractivity contribution in [1.82, 2.24) is 15.2 Å². The van der Waals surface area contributed by atoms with Crippen LogP contribution in [-0.2, 0) is 11.2 Å². The molecule has 4 heteroatoms. The molecule has 2 saturated heterocycles. The molecule has 2 aromatic rings. The zero-order valence-electron chi connectivity index (χ0n) is 14.8. The molecule has 0 unspecified atom stereocenters. The van der Waals surface area contributed by atoms with E-state index in [-0.39, 0.29) is 5.91 Å². The summed E-state index contributed by atoms with van der Waals surface area (Å²) >= 11 is 0. The van der Waals surface area contributed by atoms with Crippen molar-refractivity contribution in [1.29, 1.82) is 0 Å². The molecule has 132 valence electrons. The fraction of sp³-hybridized carbons (Fsp3) is 0.524. The van der Waals surface area contributed by atoms with E-state index in [0.29, 0.717) is 6.42 Å². The van der Waals surface area contributed by atoms with Crippen LogP contribution in [0.2, 0.25) is 0 Å². The van der Waals surface area contributed by atoms with Crippen molar-refractivity contribution in [3.63, 3.8) is 0 Å². The zero-order chi connectivity index (χ0) is 17.1. The number of hydrogen-bond acceptors (Lipinski definition) is 3. The van der Waals surface area contributed by atoms with Gasteiger partial charge in [0.25, 0.3) is 0 Å². The lowest BCUT2D eigenvalue weighted by Gasteiger charge is -2.37. The molecule has 1 N–H and O–H groups in total. The summed E-state index contributed by atoms with van der Waals surface area (Å²) in [5.74, 6) is 1.95. The highest BCUT2D eigenvalue weighted by Crippen LogP contribution is 2.31. The first-order valence-corrected chi connectivity index (χ1v) is 9.62. The number of nitrogens with one attached hydrogen (secondary N) is 1. The van der Waals surface area contributed by atoms with E-state index in [1.807, 2.05) is 18.2 Å². The summed E-state index contributed by atoms with van der Waals surface area (Å²) in [6.45, 7) is 4.20. The molecule has 2 aliphatic heterocycles. The standard InChI is InChI=1S/C21H27N3O/c25-21(15-16-3-4-20-19(14-16)2-1-9-23-20)24-12-7-18(8-13-24)17-5-10-22-11-6-17/h1-4,9,14,17-18,22H,5-8,10-13,15H2. The van der Waals surface area contributed by atoms with E-state index < -0.39 is 0 Å². The zero-order valence-corrected chi connectivity index (χ0v) is 14.8. The van der Waals surface area contributed by atoms with Crippen LogP contribution in [0.15, 0.2) is 36.5 Å². The van der Waals surface area contributed by atoms with Gasteiger partial charge in [0, 0.05) is 24.7 Å². The smallest absolute Gasteiger partial charge is 0.226 e. The van der Waals surface area contributed by atoms with Crippen molar-refractivity contribution in [2.75, 3.05) is 26.2 Å². The molecule has 1 amide bonds. The Bertz CT molecular complexity index is 731. The van der Waals surface area contributed by atoms with Gasteiger partial charge in [0.05, 0.1) is 11.9 Å². The maximum atomic E-state index is 12.7. The minimum Gasteiger partial charge on any atom is -0.342 e. The second-order valence-corrected chi connectivity index (χ2v) is 7.51. The Morgan fingerprint density at radius 1 is 1.08 bits per heavy atom. The molecule has 1 aromatic carbocycles. The molecule has 0 radical (unpaired) electrons. The number of pyridine rings is 1. The molecule has 4 rings (SSSR count). The van der Waals surface area contributed by atoms with Crippen LogP contribution < -0.4 is 5.32 Å². The van der Waals surface area contributed by atoms with Crippen LogP contribution in [0.25, 0.3) is 10.9 Å². The molecule has 0 atom stereocenters. The topological polar surface area (TPSA) is 45.2 Å². The fourth-order valence-electron chi connectivity index (χ4n) is 4.46. The summed E-state index contributed by atoms with van der Waals surface area (Å²) in [5.41, 5.74) is 2.08. The molecule has 0 spiro atoms. The number of piperidine rings is 2. The van der Waals surface area contributed by atoms with Crippen molar-refractivity contribution < 1.29 is 4.79 Å². The Balaban J connectivity index is 1.33. The quantitative estimate of drug-likeness (QED) is 0.936. The number of likely N-dealkylation sites (tertiary alicyclic amines) is 1. The van der Waals surface area contributed by atoms with E-state index in [2.05, 4.69) is 27.3 Å². The van der Waals surface area contributed by atoms with Crippen LogP contribution in [0.1, 0.15) is 31.2 Å². The molecule has 2 fully saturated rings. The SMILES string of the molecule is O=C(Cc1ccc2ncccc2c1)N1CCC(C2CCNCC2)CC1. The number of nitrogens with zero attached hydrogens (tertiary/aromatic N) is 2. The number of hydrogen-bond donors (Lipinski definition) is 1. The van der Waals surface area contributed by atoms with Gasteiger partial charge in [0.15, 0.2) is 0 Å². The fourth-order valence-corrected chi connectivity index (χ4v) is 4.46. The molecule has 0 saturated carbocycles. The maximum absolute atomic E-state index is 12.7. The number of benzene rings is 1. The Kier molecular flexibility index (Phi) is 4.97. The van der Waals surface area contributed by atoms with Gasteiger partial charge < -0.3 is 10.2 Å². The normalized spacial score (nSPS) is 20.1. The molecule has 3 heterocycles. The van der Waals surface area contributed by atoms with Crippen molar-refractivity contribution in [3.05, 3.63) is 42.1 Å². The molecule has 0 aliphatic carbocycles. The molecule has 0 bridgehead atoms. The number of carbonyl (C=O) groups is 1. The highest BCUT2D eigenvalue weighted by Gasteiger charge is 2.29. The van der Waals surface area contributed by atoms with Crippen LogP contribution in [0.4, 0.5) is 0 Å². The van der Waals surface area contributed by atoms with Gasteiger partial charge in [-0.05, 0) is 74.4 Å². The predicted molar refractivity (Wildman–Crippen MR) is 100 cm³/mol. The monoisotopic (exact) mass is 337 g/mol. The van der Waals surface area contributed by atoms with Crippen molar-refractivity contribution in [2.24, 2.45) is 11.8 Å². The third-order valence-corrected chi connectivity index (χ3v) is 5.97. The summed E-state index contributed by atoms with van der Waals surface area (Å²) in [6.07, 6.45) is 7.28. The van der Waals surface area contributed by atoms with Gasteiger partial charge in [-0.1, -0.05) is 12.1 Å². The van der Waals surface area contributed by atoms with E-state index >= 15 is 0 Å². The number of amides is 1. The molecular formula is C21H27N3O. The maximum Gasteiger partial charge on any atom is 0.226 e. The third kappa shape index (κ3) is 3.84. The first-order chi connectivity index (χ1) is 12.3. The van der Waals surface area contributed by atoms with E-state index in [0.717, 1.165) is 41.4 Å². The van der Waals surface area contributed by atoms with E-state index in [4.69, 9.17) is 0 Å². The van der Waals surface area contributed by atoms with Gasteiger partial charge >= 0.3 is 0 Å². The lowest BCUT2D eigenvalue weighted by Crippen LogP contribution is -2.42. The molecule has 2 aliphatic rings. The summed E-state index contributed by atoms with van der Waals surface area (Å²) in [7, 11) is 0. The minimum absolute atomic E-state index is 0.270. The van der Waals surface area contributed by atoms with Crippen molar-refractivity contribution in [3.8, 4) is 0 Å². The number of rotatable bonds is 3. The van der Waals surface area contributed by atoms with Gasteiger partial charge in [0.1, 0.15) is 0 Å². The average molecular weight is 337 g/mol. The number of aromatic nitrogens is 1. The number of fused-ring (bicyclic) bond motifs is 1. The van der Waals surface area contributed by atoms with Gasteiger partial charge in [-0.25, -0.2) is 0 Å². The lowest BCUT2D eigenvalue weighted by atomic mass is 9.79. The first-order valence-electron chi connectivity index (χ1n) is 9.62. The Hall–Kier alpha value is -1.94. The second kappa shape index (κ2) is 7.52. The Morgan fingerprint density at radius 2 is 1.84 bits per heavy atom. The average Bonchev–Trinajstić information content (AvgIpc) is 2.69. The van der Waals surface area contributed by atoms with Crippen molar-refractivity contribution >= 4 is 16.8 Å². The van der Waals surface area contributed by atoms with Crippen LogP contribution in [0, 0.1) is 11.8 Å². The highest BCUT2D eigenvalue weighted by atomic mass is 16.2. The van der Waals surface area contributed by atoms with Gasteiger partial charge in [0.2, 0.25) is 5.91 Å².